The van der Waals surface area contributed by atoms with Crippen LogP contribution >= 0.6 is 12.4 Å². The Kier molecular flexibility index (Phi) is 4.83. The van der Waals surface area contributed by atoms with Crippen LogP contribution in [0, 0.1) is 0 Å². The lowest BCUT2D eigenvalue weighted by atomic mass is 9.98. The fraction of sp³-hybridized carbons (Fsp3) is 0.533. The molecule has 1 atom stereocenters. The van der Waals surface area contributed by atoms with Gasteiger partial charge in [0, 0.05) is 13.1 Å². The van der Waals surface area contributed by atoms with Crippen molar-refractivity contribution in [2.75, 3.05) is 13.1 Å². The van der Waals surface area contributed by atoms with Crippen molar-refractivity contribution in [3.05, 3.63) is 35.4 Å². The summed E-state index contributed by atoms with van der Waals surface area (Å²) in [6.07, 6.45) is 4.37. The number of benzene rings is 1. The standard InChI is InChI=1S/C15H20N2O.ClH/c18-15(14-7-3-4-9-16-14)17-10-8-12-5-1-2-6-13(12)11-17;/h1-2,5-6,14,16H,3-4,7-11H2;1H/t14-;/m1./s1. The SMILES string of the molecule is Cl.O=C([C@H]1CCCCN1)N1CCc2ccccc2C1. The average molecular weight is 281 g/mol. The first-order chi connectivity index (χ1) is 8.84. The molecule has 1 N–H and O–H groups in total. The molecule has 0 unspecified atom stereocenters. The van der Waals surface area contributed by atoms with Crippen molar-refractivity contribution < 1.29 is 4.79 Å². The van der Waals surface area contributed by atoms with E-state index < -0.39 is 0 Å². The van der Waals surface area contributed by atoms with E-state index in [1.165, 1.54) is 24.0 Å². The number of hydrogen-bond donors (Lipinski definition) is 1. The summed E-state index contributed by atoms with van der Waals surface area (Å²) in [5.74, 6) is 0.296. The number of piperidine rings is 1. The van der Waals surface area contributed by atoms with Crippen LogP contribution in [0.15, 0.2) is 24.3 Å². The van der Waals surface area contributed by atoms with Gasteiger partial charge in [-0.3, -0.25) is 4.79 Å². The van der Waals surface area contributed by atoms with E-state index in [1.54, 1.807) is 0 Å². The summed E-state index contributed by atoms with van der Waals surface area (Å²) in [6, 6.07) is 8.52. The Hall–Kier alpha value is -1.06. The number of nitrogens with zero attached hydrogens (tertiary/aromatic N) is 1. The summed E-state index contributed by atoms with van der Waals surface area (Å²) in [7, 11) is 0. The van der Waals surface area contributed by atoms with Crippen molar-refractivity contribution in [2.24, 2.45) is 0 Å². The van der Waals surface area contributed by atoms with Gasteiger partial charge in [0.1, 0.15) is 0 Å². The van der Waals surface area contributed by atoms with Gasteiger partial charge in [0.05, 0.1) is 6.04 Å². The summed E-state index contributed by atoms with van der Waals surface area (Å²) >= 11 is 0. The minimum atomic E-state index is 0. The zero-order valence-electron chi connectivity index (χ0n) is 11.1. The number of fused-ring (bicyclic) bond motifs is 1. The van der Waals surface area contributed by atoms with Crippen LogP contribution in [0.1, 0.15) is 30.4 Å². The van der Waals surface area contributed by atoms with Gasteiger partial charge in [-0.2, -0.15) is 0 Å². The van der Waals surface area contributed by atoms with Crippen LogP contribution in [0.25, 0.3) is 0 Å². The highest BCUT2D eigenvalue weighted by Crippen LogP contribution is 2.20. The normalized spacial score (nSPS) is 22.3. The Morgan fingerprint density at radius 3 is 2.74 bits per heavy atom. The van der Waals surface area contributed by atoms with Crippen molar-refractivity contribution >= 4 is 18.3 Å². The minimum absolute atomic E-state index is 0. The molecule has 0 bridgehead atoms. The second-order valence-electron chi connectivity index (χ2n) is 5.28. The third-order valence-corrected chi connectivity index (χ3v) is 4.05. The molecule has 1 aromatic carbocycles. The molecule has 19 heavy (non-hydrogen) atoms. The maximum atomic E-state index is 12.4. The van der Waals surface area contributed by atoms with Gasteiger partial charge in [0.15, 0.2) is 0 Å². The number of carbonyl (C=O) groups excluding carboxylic acids is 1. The van der Waals surface area contributed by atoms with Crippen LogP contribution in [-0.4, -0.2) is 29.9 Å². The van der Waals surface area contributed by atoms with Gasteiger partial charge in [-0.05, 0) is 36.9 Å². The molecule has 0 spiro atoms. The molecular formula is C15H21ClN2O. The smallest absolute Gasteiger partial charge is 0.240 e. The topological polar surface area (TPSA) is 32.3 Å². The zero-order valence-corrected chi connectivity index (χ0v) is 11.9. The van der Waals surface area contributed by atoms with Crippen molar-refractivity contribution in [3.8, 4) is 0 Å². The Bertz CT molecular complexity index is 444. The Labute approximate surface area is 120 Å². The van der Waals surface area contributed by atoms with E-state index in [1.807, 2.05) is 4.90 Å². The van der Waals surface area contributed by atoms with Gasteiger partial charge < -0.3 is 10.2 Å². The summed E-state index contributed by atoms with van der Waals surface area (Å²) in [6.45, 7) is 2.64. The van der Waals surface area contributed by atoms with Crippen molar-refractivity contribution in [3.63, 3.8) is 0 Å². The van der Waals surface area contributed by atoms with E-state index in [0.29, 0.717) is 5.91 Å². The summed E-state index contributed by atoms with van der Waals surface area (Å²) in [4.78, 5) is 14.4. The first kappa shape index (κ1) is 14.4. The van der Waals surface area contributed by atoms with Crippen LogP contribution in [0.3, 0.4) is 0 Å². The van der Waals surface area contributed by atoms with E-state index in [-0.39, 0.29) is 18.4 Å². The van der Waals surface area contributed by atoms with Gasteiger partial charge in [0.2, 0.25) is 5.91 Å². The van der Waals surface area contributed by atoms with E-state index in [2.05, 4.69) is 29.6 Å². The average Bonchev–Trinajstić information content (AvgIpc) is 2.47. The van der Waals surface area contributed by atoms with Gasteiger partial charge in [0.25, 0.3) is 0 Å². The van der Waals surface area contributed by atoms with Crippen molar-refractivity contribution in [1.29, 1.82) is 0 Å². The molecule has 3 rings (SSSR count). The lowest BCUT2D eigenvalue weighted by molar-refractivity contribution is -0.135. The second kappa shape index (κ2) is 6.40. The quantitative estimate of drug-likeness (QED) is 0.855. The third-order valence-electron chi connectivity index (χ3n) is 4.05. The third kappa shape index (κ3) is 3.10. The van der Waals surface area contributed by atoms with Crippen LogP contribution in [0.2, 0.25) is 0 Å². The molecule has 0 aromatic heterocycles. The molecule has 1 amide bonds. The molecule has 2 aliphatic rings. The van der Waals surface area contributed by atoms with E-state index >= 15 is 0 Å². The fourth-order valence-corrected chi connectivity index (χ4v) is 2.97. The second-order valence-corrected chi connectivity index (χ2v) is 5.28. The maximum absolute atomic E-state index is 12.4. The van der Waals surface area contributed by atoms with E-state index in [4.69, 9.17) is 0 Å². The number of hydrogen-bond acceptors (Lipinski definition) is 2. The Balaban J connectivity index is 0.00000133. The maximum Gasteiger partial charge on any atom is 0.240 e. The molecule has 0 radical (unpaired) electrons. The van der Waals surface area contributed by atoms with Crippen LogP contribution < -0.4 is 5.32 Å². The van der Waals surface area contributed by atoms with Gasteiger partial charge in [-0.15, -0.1) is 12.4 Å². The molecule has 0 aliphatic carbocycles. The lowest BCUT2D eigenvalue weighted by Gasteiger charge is -2.33. The highest BCUT2D eigenvalue weighted by molar-refractivity contribution is 5.85. The predicted octanol–water partition coefficient (Wildman–Crippen LogP) is 2.14. The minimum Gasteiger partial charge on any atom is -0.337 e. The molecule has 2 heterocycles. The van der Waals surface area contributed by atoms with Crippen molar-refractivity contribution in [2.45, 2.75) is 38.3 Å². The lowest BCUT2D eigenvalue weighted by Crippen LogP contribution is -2.49. The molecule has 1 fully saturated rings. The van der Waals surface area contributed by atoms with E-state index in [0.717, 1.165) is 32.5 Å². The Morgan fingerprint density at radius 1 is 1.21 bits per heavy atom. The molecule has 1 aromatic rings. The first-order valence-corrected chi connectivity index (χ1v) is 6.93. The van der Waals surface area contributed by atoms with Gasteiger partial charge in [-0.25, -0.2) is 0 Å². The monoisotopic (exact) mass is 280 g/mol. The molecule has 4 heteroatoms. The molecular weight excluding hydrogens is 260 g/mol. The number of carbonyl (C=O) groups is 1. The number of halogens is 1. The largest absolute Gasteiger partial charge is 0.337 e. The van der Waals surface area contributed by atoms with E-state index in [9.17, 15) is 4.79 Å². The fourth-order valence-electron chi connectivity index (χ4n) is 2.97. The zero-order chi connectivity index (χ0) is 12.4. The molecule has 0 saturated carbocycles. The van der Waals surface area contributed by atoms with Gasteiger partial charge in [-0.1, -0.05) is 30.7 Å². The summed E-state index contributed by atoms with van der Waals surface area (Å²) in [5, 5.41) is 3.35. The first-order valence-electron chi connectivity index (χ1n) is 6.93. The molecule has 1 saturated heterocycles. The number of nitrogens with one attached hydrogen (secondary N) is 1. The Morgan fingerprint density at radius 2 is 2.00 bits per heavy atom. The van der Waals surface area contributed by atoms with Crippen LogP contribution in [0.4, 0.5) is 0 Å². The highest BCUT2D eigenvalue weighted by atomic mass is 35.5. The molecule has 2 aliphatic heterocycles. The number of amides is 1. The van der Waals surface area contributed by atoms with Crippen LogP contribution in [0.5, 0.6) is 0 Å². The summed E-state index contributed by atoms with van der Waals surface area (Å²) < 4.78 is 0. The van der Waals surface area contributed by atoms with Crippen molar-refractivity contribution in [1.82, 2.24) is 10.2 Å². The van der Waals surface area contributed by atoms with Crippen LogP contribution in [-0.2, 0) is 17.8 Å². The van der Waals surface area contributed by atoms with Gasteiger partial charge >= 0.3 is 0 Å². The molecule has 104 valence electrons. The molecule has 3 nitrogen and oxygen atoms in total. The number of rotatable bonds is 1. The summed E-state index contributed by atoms with van der Waals surface area (Å²) in [5.41, 5.74) is 2.71. The highest BCUT2D eigenvalue weighted by Gasteiger charge is 2.27. The predicted molar refractivity (Wildman–Crippen MR) is 78.5 cm³/mol.